The molecule has 0 aliphatic carbocycles. The molecule has 0 unspecified atom stereocenters. The van der Waals surface area contributed by atoms with Crippen LogP contribution in [0.4, 0.5) is 5.69 Å². The van der Waals surface area contributed by atoms with Gasteiger partial charge in [-0.15, -0.1) is 0 Å². The quantitative estimate of drug-likeness (QED) is 0.905. The van der Waals surface area contributed by atoms with Gasteiger partial charge in [-0.1, -0.05) is 17.7 Å². The number of nitrogens with zero attached hydrogens (tertiary/aromatic N) is 1. The van der Waals surface area contributed by atoms with Gasteiger partial charge in [0.15, 0.2) is 11.5 Å². The molecule has 0 saturated carbocycles. The van der Waals surface area contributed by atoms with Crippen LogP contribution < -0.4 is 13.8 Å². The zero-order chi connectivity index (χ0) is 18.2. The molecule has 0 fully saturated rings. The third-order valence-corrected chi connectivity index (χ3v) is 5.90. The maximum absolute atomic E-state index is 13.1. The van der Waals surface area contributed by atoms with Crippen molar-refractivity contribution in [3.05, 3.63) is 53.6 Å². The summed E-state index contributed by atoms with van der Waals surface area (Å²) >= 11 is 0. The van der Waals surface area contributed by atoms with E-state index in [1.807, 2.05) is 6.92 Å². The van der Waals surface area contributed by atoms with Crippen molar-refractivity contribution in [2.45, 2.75) is 11.8 Å². The fraction of sp³-hybridized carbons (Fsp3) is 0.222. The SMILES string of the molecule is COc1cc2c(cc1OC)N(S(=O)(=O)c1ccc(C)cc1)CC=C2O. The van der Waals surface area contributed by atoms with Crippen LogP contribution >= 0.6 is 0 Å². The fourth-order valence-electron chi connectivity index (χ4n) is 2.72. The second-order valence-electron chi connectivity index (χ2n) is 5.66. The molecule has 1 aliphatic rings. The van der Waals surface area contributed by atoms with Gasteiger partial charge in [-0.05, 0) is 31.2 Å². The third kappa shape index (κ3) is 2.91. The van der Waals surface area contributed by atoms with Crippen molar-refractivity contribution in [1.29, 1.82) is 0 Å². The highest BCUT2D eigenvalue weighted by molar-refractivity contribution is 7.92. The Morgan fingerprint density at radius 2 is 1.64 bits per heavy atom. The van der Waals surface area contributed by atoms with Gasteiger partial charge >= 0.3 is 0 Å². The Bertz CT molecular complexity index is 933. The third-order valence-electron chi connectivity index (χ3n) is 4.11. The number of fused-ring (bicyclic) bond motifs is 1. The first kappa shape index (κ1) is 17.2. The van der Waals surface area contributed by atoms with Crippen LogP contribution in [0.3, 0.4) is 0 Å². The van der Waals surface area contributed by atoms with Crippen LogP contribution in [0.1, 0.15) is 11.1 Å². The van der Waals surface area contributed by atoms with Gasteiger partial charge in [-0.3, -0.25) is 4.31 Å². The van der Waals surface area contributed by atoms with Gasteiger partial charge in [-0.25, -0.2) is 8.42 Å². The summed E-state index contributed by atoms with van der Waals surface area (Å²) in [7, 11) is -0.824. The Morgan fingerprint density at radius 3 is 2.24 bits per heavy atom. The molecule has 7 heteroatoms. The number of aliphatic hydroxyl groups is 1. The average molecular weight is 361 g/mol. The predicted molar refractivity (Wildman–Crippen MR) is 95.9 cm³/mol. The monoisotopic (exact) mass is 361 g/mol. The second-order valence-corrected chi connectivity index (χ2v) is 7.53. The highest BCUT2D eigenvalue weighted by atomic mass is 32.2. The molecular weight excluding hydrogens is 342 g/mol. The number of benzene rings is 2. The molecule has 2 aromatic carbocycles. The minimum atomic E-state index is -3.78. The van der Waals surface area contributed by atoms with Crippen LogP contribution in [-0.2, 0) is 10.0 Å². The van der Waals surface area contributed by atoms with Crippen LogP contribution in [0.25, 0.3) is 5.76 Å². The summed E-state index contributed by atoms with van der Waals surface area (Å²) < 4.78 is 37.9. The first-order chi connectivity index (χ1) is 11.9. The van der Waals surface area contributed by atoms with E-state index in [0.29, 0.717) is 22.7 Å². The van der Waals surface area contributed by atoms with Crippen molar-refractivity contribution in [2.24, 2.45) is 0 Å². The molecule has 2 aromatic rings. The number of aryl methyl sites for hydroxylation is 1. The molecule has 0 bridgehead atoms. The number of methoxy groups -OCH3 is 2. The summed E-state index contributed by atoms with van der Waals surface area (Å²) in [5.41, 5.74) is 1.69. The molecule has 1 aliphatic heterocycles. The van der Waals surface area contributed by atoms with Crippen LogP contribution in [0, 0.1) is 6.92 Å². The number of anilines is 1. The molecule has 0 aromatic heterocycles. The van der Waals surface area contributed by atoms with Crippen molar-refractivity contribution in [1.82, 2.24) is 0 Å². The van der Waals surface area contributed by atoms with Crippen molar-refractivity contribution in [3.8, 4) is 11.5 Å². The number of hydrogen-bond donors (Lipinski definition) is 1. The number of sulfonamides is 1. The van der Waals surface area contributed by atoms with Gasteiger partial charge in [0.25, 0.3) is 10.0 Å². The molecule has 3 rings (SSSR count). The van der Waals surface area contributed by atoms with E-state index in [2.05, 4.69) is 0 Å². The van der Waals surface area contributed by atoms with Gasteiger partial charge in [0.2, 0.25) is 0 Å². The lowest BCUT2D eigenvalue weighted by molar-refractivity contribution is 0.354. The Balaban J connectivity index is 2.16. The maximum atomic E-state index is 13.1. The first-order valence-corrected chi connectivity index (χ1v) is 9.07. The van der Waals surface area contributed by atoms with Gasteiger partial charge in [0, 0.05) is 11.6 Å². The number of hydrogen-bond acceptors (Lipinski definition) is 5. The lowest BCUT2D eigenvalue weighted by atomic mass is 10.1. The van der Waals surface area contributed by atoms with Crippen LogP contribution in [-0.4, -0.2) is 34.3 Å². The predicted octanol–water partition coefficient (Wildman–Crippen LogP) is 3.12. The zero-order valence-corrected chi connectivity index (χ0v) is 15.0. The number of ether oxygens (including phenoxy) is 2. The largest absolute Gasteiger partial charge is 0.508 e. The van der Waals surface area contributed by atoms with Gasteiger partial charge in [0.05, 0.1) is 31.3 Å². The van der Waals surface area contributed by atoms with Gasteiger partial charge in [0.1, 0.15) is 5.76 Å². The van der Waals surface area contributed by atoms with Crippen molar-refractivity contribution in [3.63, 3.8) is 0 Å². The van der Waals surface area contributed by atoms with E-state index in [-0.39, 0.29) is 17.2 Å². The van der Waals surface area contributed by atoms with Crippen molar-refractivity contribution in [2.75, 3.05) is 25.1 Å². The lowest BCUT2D eigenvalue weighted by Crippen LogP contribution is -2.34. The standard InChI is InChI=1S/C18H19NO5S/c1-12-4-6-13(7-5-12)25(21,22)19-9-8-16(20)14-10-17(23-2)18(24-3)11-15(14)19/h4-8,10-11,20H,9H2,1-3H3. The molecule has 132 valence electrons. The normalized spacial score (nSPS) is 13.9. The molecule has 1 heterocycles. The Labute approximate surface area is 147 Å². The van der Waals surface area contributed by atoms with Crippen LogP contribution in [0.5, 0.6) is 11.5 Å². The number of aliphatic hydroxyl groups excluding tert-OH is 1. The van der Waals surface area contributed by atoms with E-state index < -0.39 is 10.0 Å². The number of rotatable bonds is 4. The summed E-state index contributed by atoms with van der Waals surface area (Å²) in [6, 6.07) is 9.77. The summed E-state index contributed by atoms with van der Waals surface area (Å²) in [6.45, 7) is 1.93. The lowest BCUT2D eigenvalue weighted by Gasteiger charge is -2.29. The maximum Gasteiger partial charge on any atom is 0.264 e. The van der Waals surface area contributed by atoms with E-state index in [4.69, 9.17) is 9.47 Å². The molecule has 0 saturated heterocycles. The molecule has 0 spiro atoms. The summed E-state index contributed by atoms with van der Waals surface area (Å²) in [5.74, 6) is 0.808. The van der Waals surface area contributed by atoms with Crippen molar-refractivity contribution < 1.29 is 23.0 Å². The molecule has 1 N–H and O–H groups in total. The van der Waals surface area contributed by atoms with E-state index in [0.717, 1.165) is 5.56 Å². The second kappa shape index (κ2) is 6.33. The minimum Gasteiger partial charge on any atom is -0.508 e. The molecule has 25 heavy (non-hydrogen) atoms. The first-order valence-electron chi connectivity index (χ1n) is 7.63. The molecule has 6 nitrogen and oxygen atoms in total. The Hall–Kier alpha value is -2.67. The Morgan fingerprint density at radius 1 is 1.04 bits per heavy atom. The molecule has 0 amide bonds. The highest BCUT2D eigenvalue weighted by Crippen LogP contribution is 2.41. The molecule has 0 atom stereocenters. The Kier molecular flexibility index (Phi) is 4.34. The summed E-state index contributed by atoms with van der Waals surface area (Å²) in [6.07, 6.45) is 1.46. The summed E-state index contributed by atoms with van der Waals surface area (Å²) in [4.78, 5) is 0.189. The zero-order valence-electron chi connectivity index (χ0n) is 14.2. The minimum absolute atomic E-state index is 0.00584. The molecular formula is C18H19NO5S. The van der Waals surface area contributed by atoms with Gasteiger partial charge < -0.3 is 14.6 Å². The smallest absolute Gasteiger partial charge is 0.264 e. The average Bonchev–Trinajstić information content (AvgIpc) is 2.61. The van der Waals surface area contributed by atoms with Crippen LogP contribution in [0.2, 0.25) is 0 Å². The van der Waals surface area contributed by atoms with E-state index in [1.54, 1.807) is 36.4 Å². The molecule has 0 radical (unpaired) electrons. The van der Waals surface area contributed by atoms with Gasteiger partial charge in [-0.2, -0.15) is 0 Å². The van der Waals surface area contributed by atoms with E-state index in [1.165, 1.54) is 24.6 Å². The highest BCUT2D eigenvalue weighted by Gasteiger charge is 2.31. The van der Waals surface area contributed by atoms with E-state index in [9.17, 15) is 13.5 Å². The summed E-state index contributed by atoms with van der Waals surface area (Å²) in [5, 5.41) is 10.2. The fourth-order valence-corrected chi connectivity index (χ4v) is 4.14. The topological polar surface area (TPSA) is 76.1 Å². The van der Waals surface area contributed by atoms with Crippen molar-refractivity contribution >= 4 is 21.5 Å². The van der Waals surface area contributed by atoms with E-state index >= 15 is 0 Å². The van der Waals surface area contributed by atoms with Crippen LogP contribution in [0.15, 0.2) is 47.4 Å².